The molecule has 3 unspecified atom stereocenters. The van der Waals surface area contributed by atoms with Gasteiger partial charge in [0.2, 0.25) is 0 Å². The van der Waals surface area contributed by atoms with E-state index in [2.05, 4.69) is 42.5 Å². The summed E-state index contributed by atoms with van der Waals surface area (Å²) in [6.07, 6.45) is 2.83. The summed E-state index contributed by atoms with van der Waals surface area (Å²) in [4.78, 5) is 13.1. The van der Waals surface area contributed by atoms with Gasteiger partial charge < -0.3 is 0 Å². The molecule has 0 heterocycles. The molecule has 0 aliphatic heterocycles. The number of nitrogens with one attached hydrogen (secondary N) is 1. The molecule has 2 rings (SSSR count). The minimum atomic E-state index is -0.400. The van der Waals surface area contributed by atoms with Crippen LogP contribution >= 0.6 is 0 Å². The number of hydrogen-bond donors (Lipinski definition) is 2. The Morgan fingerprint density at radius 3 is 2.77 bits per heavy atom. The Labute approximate surface area is 145 Å². The summed E-state index contributed by atoms with van der Waals surface area (Å²) in [5.41, 5.74) is 0.587. The number of benzene rings is 1. The Bertz CT molecular complexity index is 568. The van der Waals surface area contributed by atoms with E-state index in [0.717, 1.165) is 19.3 Å². The van der Waals surface area contributed by atoms with Gasteiger partial charge in [-0.2, -0.15) is 0 Å². The molecule has 0 aromatic heterocycles. The van der Waals surface area contributed by atoms with E-state index in [0.29, 0.717) is 15.2 Å². The first-order valence-electron chi connectivity index (χ1n) is 7.07. The molecule has 22 heavy (non-hydrogen) atoms. The molecule has 2 N–H and O–H groups in total. The summed E-state index contributed by atoms with van der Waals surface area (Å²) >= 11 is 6.25. The fourth-order valence-corrected chi connectivity index (χ4v) is 3.79. The van der Waals surface area contributed by atoms with Crippen LogP contribution in [-0.4, -0.2) is 54.9 Å². The Kier molecular flexibility index (Phi) is 6.45. The second-order valence-electron chi connectivity index (χ2n) is 5.41. The Morgan fingerprint density at radius 2 is 2.14 bits per heavy atom. The van der Waals surface area contributed by atoms with Crippen molar-refractivity contribution in [3.8, 4) is 0 Å². The number of halogens is 1. The van der Waals surface area contributed by atoms with Crippen molar-refractivity contribution in [2.75, 3.05) is 0 Å². The zero-order chi connectivity index (χ0) is 16.1. The summed E-state index contributed by atoms with van der Waals surface area (Å²) in [6, 6.07) is 5.98. The van der Waals surface area contributed by atoms with Crippen molar-refractivity contribution >= 4 is 43.6 Å². The van der Waals surface area contributed by atoms with Gasteiger partial charge in [-0.3, -0.25) is 0 Å². The van der Waals surface area contributed by atoms with Crippen molar-refractivity contribution in [1.82, 2.24) is 5.32 Å². The Morgan fingerprint density at radius 1 is 1.36 bits per heavy atom. The van der Waals surface area contributed by atoms with Crippen molar-refractivity contribution < 1.29 is 14.4 Å². The fraction of sp³-hybridized carbons (Fsp3) is 0.467. The molecule has 1 fully saturated rings. The molecule has 1 aromatic rings. The van der Waals surface area contributed by atoms with Crippen molar-refractivity contribution in [2.45, 2.75) is 41.4 Å². The third kappa shape index (κ3) is 4.82. The molecule has 1 saturated carbocycles. The Hall–Kier alpha value is -0.871. The summed E-state index contributed by atoms with van der Waals surface area (Å²) in [5, 5.41) is 15.1. The van der Waals surface area contributed by atoms with Crippen molar-refractivity contribution in [1.29, 1.82) is 0 Å². The van der Waals surface area contributed by atoms with Crippen LogP contribution in [0.2, 0.25) is 9.63 Å². The first-order valence-corrected chi connectivity index (χ1v) is 9.05. The van der Waals surface area contributed by atoms with E-state index in [1.165, 1.54) is 12.1 Å². The van der Waals surface area contributed by atoms with Crippen LogP contribution in [0.4, 0.5) is 4.39 Å². The molecular formula is C15H17FN2O2Se2. The molecule has 118 valence electrons. The van der Waals surface area contributed by atoms with Crippen molar-refractivity contribution in [3.05, 3.63) is 35.6 Å². The monoisotopic (exact) mass is 436 g/mol. The van der Waals surface area contributed by atoms with Crippen molar-refractivity contribution in [2.24, 2.45) is 5.16 Å². The van der Waals surface area contributed by atoms with Gasteiger partial charge in [0.15, 0.2) is 0 Å². The predicted octanol–water partition coefficient (Wildman–Crippen LogP) is 1.78. The molecule has 2 radical (unpaired) electrons. The fourth-order valence-electron chi connectivity index (χ4n) is 2.50. The number of hydrogen-bond acceptors (Lipinski definition) is 3. The van der Waals surface area contributed by atoms with Crippen LogP contribution < -0.4 is 5.32 Å². The maximum atomic E-state index is 13.2. The van der Waals surface area contributed by atoms with E-state index >= 15 is 0 Å². The molecule has 1 aliphatic rings. The molecule has 3 atom stereocenters. The number of carbonyl (C=O) groups is 1. The molecule has 7 heteroatoms. The van der Waals surface area contributed by atoms with Gasteiger partial charge in [-0.05, 0) is 0 Å². The average Bonchev–Trinajstić information content (AvgIpc) is 2.48. The molecule has 1 aromatic carbocycles. The van der Waals surface area contributed by atoms with Gasteiger partial charge in [0.25, 0.3) is 0 Å². The molecular weight excluding hydrogens is 417 g/mol. The van der Waals surface area contributed by atoms with Gasteiger partial charge in [0.1, 0.15) is 0 Å². The van der Waals surface area contributed by atoms with Crippen LogP contribution in [0, 0.1) is 5.82 Å². The van der Waals surface area contributed by atoms with E-state index in [9.17, 15) is 9.18 Å². The topological polar surface area (TPSA) is 61.7 Å². The van der Waals surface area contributed by atoms with Gasteiger partial charge in [0, 0.05) is 0 Å². The summed E-state index contributed by atoms with van der Waals surface area (Å²) in [6.45, 7) is 0. The quantitative estimate of drug-likeness (QED) is 0.329. The molecule has 0 spiro atoms. The molecule has 1 amide bonds. The number of nitrogens with zero attached hydrogens (tertiary/aromatic N) is 1. The third-order valence-electron chi connectivity index (χ3n) is 3.71. The predicted molar refractivity (Wildman–Crippen MR) is 84.1 cm³/mol. The SMILES string of the molecule is O=C(NC1CCC([Se])C([Se])C1)/C(Cc1cccc(F)c1)=N/O. The van der Waals surface area contributed by atoms with Gasteiger partial charge in [-0.1, -0.05) is 0 Å². The van der Waals surface area contributed by atoms with E-state index in [1.807, 2.05) is 0 Å². The van der Waals surface area contributed by atoms with Gasteiger partial charge >= 0.3 is 146 Å². The van der Waals surface area contributed by atoms with E-state index in [4.69, 9.17) is 5.21 Å². The van der Waals surface area contributed by atoms with Gasteiger partial charge in [0.05, 0.1) is 0 Å². The van der Waals surface area contributed by atoms with Gasteiger partial charge in [-0.15, -0.1) is 0 Å². The number of amides is 1. The number of carbonyl (C=O) groups excluding carboxylic acids is 1. The summed E-state index contributed by atoms with van der Waals surface area (Å²) in [5.74, 6) is -0.778. The van der Waals surface area contributed by atoms with E-state index < -0.39 is 5.91 Å². The average molecular weight is 434 g/mol. The van der Waals surface area contributed by atoms with Crippen LogP contribution in [0.1, 0.15) is 24.8 Å². The standard InChI is InChI=1S/C15H17FN2O2Se2/c16-10-3-1-2-9(6-10)7-12(18-20)15(19)17-11-4-5-13(21)14(22)8-11/h1-3,6,11,13-14,20H,4-5,7-8H2,(H,17,19)/b18-12+. The van der Waals surface area contributed by atoms with Crippen LogP contribution in [0.25, 0.3) is 0 Å². The molecule has 4 nitrogen and oxygen atoms in total. The second kappa shape index (κ2) is 8.11. The summed E-state index contributed by atoms with van der Waals surface area (Å²) in [7, 11) is 0. The zero-order valence-corrected chi connectivity index (χ0v) is 15.3. The number of rotatable bonds is 4. The first-order chi connectivity index (χ1) is 10.5. The van der Waals surface area contributed by atoms with Gasteiger partial charge in [-0.25, -0.2) is 0 Å². The Balaban J connectivity index is 1.95. The van der Waals surface area contributed by atoms with E-state index in [-0.39, 0.29) is 24.0 Å². The van der Waals surface area contributed by atoms with Crippen LogP contribution in [0.3, 0.4) is 0 Å². The van der Waals surface area contributed by atoms with Crippen LogP contribution in [0.5, 0.6) is 0 Å². The number of oxime groups is 1. The second-order valence-corrected chi connectivity index (χ2v) is 7.95. The molecule has 1 aliphatic carbocycles. The minimum absolute atomic E-state index is 0.00702. The normalized spacial score (nSPS) is 25.8. The molecule has 0 saturated heterocycles. The maximum absolute atomic E-state index is 13.2. The summed E-state index contributed by atoms with van der Waals surface area (Å²) < 4.78 is 13.2. The van der Waals surface area contributed by atoms with Crippen LogP contribution in [-0.2, 0) is 11.2 Å². The van der Waals surface area contributed by atoms with Crippen LogP contribution in [0.15, 0.2) is 29.4 Å². The molecule has 0 bridgehead atoms. The van der Waals surface area contributed by atoms with E-state index in [1.54, 1.807) is 12.1 Å². The third-order valence-corrected chi connectivity index (χ3v) is 6.86. The van der Waals surface area contributed by atoms with Crippen molar-refractivity contribution in [3.63, 3.8) is 0 Å². The zero-order valence-electron chi connectivity index (χ0n) is 11.9. The first kappa shape index (κ1) is 17.5.